The van der Waals surface area contributed by atoms with Gasteiger partial charge < -0.3 is 4.90 Å². The van der Waals surface area contributed by atoms with E-state index in [1.54, 1.807) is 24.7 Å². The van der Waals surface area contributed by atoms with Crippen molar-refractivity contribution >= 4 is 17.4 Å². The Morgan fingerprint density at radius 3 is 2.87 bits per heavy atom. The number of pyridine rings is 1. The normalized spacial score (nSPS) is 17.5. The monoisotopic (exact) mass is 328 g/mol. The van der Waals surface area contributed by atoms with Crippen molar-refractivity contribution in [2.75, 3.05) is 25.0 Å². The summed E-state index contributed by atoms with van der Waals surface area (Å²) in [7, 11) is 2.08. The summed E-state index contributed by atoms with van der Waals surface area (Å²) in [6.45, 7) is 2.46. The van der Waals surface area contributed by atoms with Crippen molar-refractivity contribution < 1.29 is 0 Å². The van der Waals surface area contributed by atoms with Crippen LogP contribution < -0.4 is 4.90 Å². The van der Waals surface area contributed by atoms with Crippen molar-refractivity contribution in [3.05, 3.63) is 47.1 Å². The summed E-state index contributed by atoms with van der Waals surface area (Å²) in [6.07, 6.45) is 6.12. The molecule has 23 heavy (non-hydrogen) atoms. The molecule has 0 bridgehead atoms. The zero-order chi connectivity index (χ0) is 16.2. The first kappa shape index (κ1) is 15.7. The van der Waals surface area contributed by atoms with Crippen LogP contribution in [0.1, 0.15) is 17.8 Å². The molecule has 0 saturated carbocycles. The van der Waals surface area contributed by atoms with Crippen molar-refractivity contribution in [1.29, 1.82) is 5.26 Å². The first-order valence-electron chi connectivity index (χ1n) is 7.44. The first-order chi connectivity index (χ1) is 11.2. The lowest BCUT2D eigenvalue weighted by molar-refractivity contribution is 0.244. The van der Waals surface area contributed by atoms with Crippen LogP contribution in [-0.4, -0.2) is 46.0 Å². The quantitative estimate of drug-likeness (QED) is 0.856. The molecule has 0 radical (unpaired) electrons. The van der Waals surface area contributed by atoms with Crippen LogP contribution in [-0.2, 0) is 6.54 Å². The Kier molecular flexibility index (Phi) is 4.70. The Morgan fingerprint density at radius 1 is 1.39 bits per heavy atom. The Labute approximate surface area is 140 Å². The predicted octanol–water partition coefficient (Wildman–Crippen LogP) is 2.11. The fraction of sp³-hybridized carbons (Fsp3) is 0.375. The molecular weight excluding hydrogens is 312 g/mol. The van der Waals surface area contributed by atoms with E-state index < -0.39 is 0 Å². The molecule has 0 N–H and O–H groups in total. The molecule has 3 rings (SSSR count). The van der Waals surface area contributed by atoms with E-state index in [4.69, 9.17) is 16.9 Å². The Bertz CT molecular complexity index is 714. The number of hydrogen-bond donors (Lipinski definition) is 0. The lowest BCUT2D eigenvalue weighted by Crippen LogP contribution is -2.34. The number of nitriles is 1. The van der Waals surface area contributed by atoms with Crippen LogP contribution in [0.15, 0.2) is 30.7 Å². The van der Waals surface area contributed by atoms with Crippen LogP contribution in [0.25, 0.3) is 0 Å². The SMILES string of the molecule is CN(Cc1ncccn1)[C@@H]1CCN(c2ncc(C#N)cc2Cl)C1. The van der Waals surface area contributed by atoms with Gasteiger partial charge in [-0.15, -0.1) is 0 Å². The number of anilines is 1. The summed E-state index contributed by atoms with van der Waals surface area (Å²) >= 11 is 6.26. The molecule has 1 saturated heterocycles. The number of aromatic nitrogens is 3. The zero-order valence-corrected chi connectivity index (χ0v) is 13.6. The van der Waals surface area contributed by atoms with Crippen molar-refractivity contribution in [3.8, 4) is 6.07 Å². The summed E-state index contributed by atoms with van der Waals surface area (Å²) in [5, 5.41) is 9.42. The van der Waals surface area contributed by atoms with Crippen molar-refractivity contribution in [1.82, 2.24) is 19.9 Å². The van der Waals surface area contributed by atoms with E-state index in [2.05, 4.69) is 37.9 Å². The molecule has 118 valence electrons. The number of nitrogens with zero attached hydrogens (tertiary/aromatic N) is 6. The number of halogens is 1. The summed E-state index contributed by atoms with van der Waals surface area (Å²) < 4.78 is 0. The molecule has 0 unspecified atom stereocenters. The van der Waals surface area contributed by atoms with Gasteiger partial charge in [-0.05, 0) is 25.6 Å². The van der Waals surface area contributed by atoms with Gasteiger partial charge in [0.1, 0.15) is 17.7 Å². The topological polar surface area (TPSA) is 68.9 Å². The lowest BCUT2D eigenvalue weighted by Gasteiger charge is -2.24. The van der Waals surface area contributed by atoms with Gasteiger partial charge in [-0.1, -0.05) is 11.6 Å². The molecule has 1 aliphatic heterocycles. The Balaban J connectivity index is 1.65. The van der Waals surface area contributed by atoms with Gasteiger partial charge in [0.2, 0.25) is 0 Å². The van der Waals surface area contributed by atoms with Gasteiger partial charge in [0.15, 0.2) is 0 Å². The van der Waals surface area contributed by atoms with Crippen LogP contribution in [0.2, 0.25) is 5.02 Å². The maximum absolute atomic E-state index is 8.89. The van der Waals surface area contributed by atoms with Crippen molar-refractivity contribution in [2.45, 2.75) is 19.0 Å². The highest BCUT2D eigenvalue weighted by Gasteiger charge is 2.28. The molecular formula is C16H17ClN6. The third kappa shape index (κ3) is 3.58. The van der Waals surface area contributed by atoms with Gasteiger partial charge >= 0.3 is 0 Å². The molecule has 6 nitrogen and oxygen atoms in total. The van der Waals surface area contributed by atoms with Crippen LogP contribution in [0.5, 0.6) is 0 Å². The molecule has 2 aromatic heterocycles. The Hall–Kier alpha value is -2.23. The second-order valence-corrected chi connectivity index (χ2v) is 6.02. The fourth-order valence-electron chi connectivity index (χ4n) is 2.78. The minimum Gasteiger partial charge on any atom is -0.354 e. The van der Waals surface area contributed by atoms with E-state index in [1.165, 1.54) is 0 Å². The molecule has 1 fully saturated rings. The van der Waals surface area contributed by atoms with Gasteiger partial charge in [-0.25, -0.2) is 15.0 Å². The van der Waals surface area contributed by atoms with Crippen LogP contribution in [0, 0.1) is 11.3 Å². The molecule has 0 aliphatic carbocycles. The molecule has 0 aromatic carbocycles. The van der Waals surface area contributed by atoms with Crippen LogP contribution in [0.3, 0.4) is 0 Å². The van der Waals surface area contributed by atoms with E-state index in [1.807, 2.05) is 6.07 Å². The molecule has 0 spiro atoms. The third-order valence-electron chi connectivity index (χ3n) is 4.05. The minimum atomic E-state index is 0.396. The lowest BCUT2D eigenvalue weighted by atomic mass is 10.2. The molecule has 2 aromatic rings. The van der Waals surface area contributed by atoms with Crippen LogP contribution >= 0.6 is 11.6 Å². The van der Waals surface area contributed by atoms with E-state index >= 15 is 0 Å². The standard InChI is InChI=1S/C16H17ClN6/c1-22(11-15-19-4-2-5-20-15)13-3-6-23(10-13)16-14(17)7-12(8-18)9-21-16/h2,4-5,7,9,13H,3,6,10-11H2,1H3/t13-/m1/s1. The van der Waals surface area contributed by atoms with E-state index in [9.17, 15) is 0 Å². The summed E-state index contributed by atoms with van der Waals surface area (Å²) in [4.78, 5) is 17.3. The average Bonchev–Trinajstić information content (AvgIpc) is 3.05. The second kappa shape index (κ2) is 6.90. The first-order valence-corrected chi connectivity index (χ1v) is 7.82. The number of rotatable bonds is 4. The van der Waals surface area contributed by atoms with Gasteiger partial charge in [-0.2, -0.15) is 5.26 Å². The average molecular weight is 329 g/mol. The predicted molar refractivity (Wildman–Crippen MR) is 88.1 cm³/mol. The van der Waals surface area contributed by atoms with E-state index in [0.717, 1.165) is 31.2 Å². The highest BCUT2D eigenvalue weighted by Crippen LogP contribution is 2.28. The summed E-state index contributed by atoms with van der Waals surface area (Å²) in [5.41, 5.74) is 0.479. The smallest absolute Gasteiger partial charge is 0.147 e. The molecule has 1 atom stereocenters. The minimum absolute atomic E-state index is 0.396. The second-order valence-electron chi connectivity index (χ2n) is 5.61. The van der Waals surface area contributed by atoms with E-state index in [-0.39, 0.29) is 0 Å². The van der Waals surface area contributed by atoms with Gasteiger partial charge in [0.25, 0.3) is 0 Å². The van der Waals surface area contributed by atoms with Crippen LogP contribution in [0.4, 0.5) is 5.82 Å². The third-order valence-corrected chi connectivity index (χ3v) is 4.33. The van der Waals surface area contributed by atoms with E-state index in [0.29, 0.717) is 23.2 Å². The van der Waals surface area contributed by atoms with Crippen molar-refractivity contribution in [2.24, 2.45) is 0 Å². The number of hydrogen-bond acceptors (Lipinski definition) is 6. The van der Waals surface area contributed by atoms with Gasteiger partial charge in [0.05, 0.1) is 17.1 Å². The maximum atomic E-state index is 8.89. The zero-order valence-electron chi connectivity index (χ0n) is 12.9. The molecule has 0 amide bonds. The summed E-state index contributed by atoms with van der Waals surface area (Å²) in [5.74, 6) is 1.57. The fourth-order valence-corrected chi connectivity index (χ4v) is 3.07. The molecule has 3 heterocycles. The maximum Gasteiger partial charge on any atom is 0.147 e. The largest absolute Gasteiger partial charge is 0.354 e. The summed E-state index contributed by atoms with van der Waals surface area (Å²) in [6, 6.07) is 5.93. The highest BCUT2D eigenvalue weighted by atomic mass is 35.5. The molecule has 7 heteroatoms. The molecule has 1 aliphatic rings. The number of likely N-dealkylation sites (N-methyl/N-ethyl adjacent to an activating group) is 1. The van der Waals surface area contributed by atoms with Crippen molar-refractivity contribution in [3.63, 3.8) is 0 Å². The van der Waals surface area contributed by atoms with Gasteiger partial charge in [0, 0.05) is 37.7 Å². The van der Waals surface area contributed by atoms with Gasteiger partial charge in [-0.3, -0.25) is 4.90 Å². The highest BCUT2D eigenvalue weighted by molar-refractivity contribution is 6.33. The Morgan fingerprint density at radius 2 is 2.17 bits per heavy atom.